The van der Waals surface area contributed by atoms with Crippen molar-refractivity contribution in [1.29, 1.82) is 0 Å². The molecule has 23 heavy (non-hydrogen) atoms. The summed E-state index contributed by atoms with van der Waals surface area (Å²) < 4.78 is 0. The third-order valence-corrected chi connectivity index (χ3v) is 3.89. The number of amides is 1. The van der Waals surface area contributed by atoms with Gasteiger partial charge in [0.15, 0.2) is 0 Å². The SMILES string of the molecule is O=C(CN1CCCC(C(=O)O)C1)Nc1ccc(Cl)cc1[N+](=O)[O-]. The number of rotatable bonds is 5. The number of nitro groups is 1. The van der Waals surface area contributed by atoms with E-state index in [-0.39, 0.29) is 22.9 Å². The lowest BCUT2D eigenvalue weighted by molar-refractivity contribution is -0.383. The lowest BCUT2D eigenvalue weighted by Gasteiger charge is -2.29. The lowest BCUT2D eigenvalue weighted by Crippen LogP contribution is -2.42. The minimum absolute atomic E-state index is 0.0104. The molecule has 0 saturated carbocycles. The van der Waals surface area contributed by atoms with Crippen LogP contribution in [0.15, 0.2) is 18.2 Å². The molecule has 0 aromatic heterocycles. The standard InChI is InChI=1S/C14H16ClN3O5/c15-10-3-4-11(12(6-10)18(22)23)16-13(19)8-17-5-1-2-9(7-17)14(20)21/h3-4,6,9H,1-2,5,7-8H2,(H,16,19)(H,20,21). The van der Waals surface area contributed by atoms with Gasteiger partial charge in [-0.2, -0.15) is 0 Å². The van der Waals surface area contributed by atoms with Crippen molar-refractivity contribution in [3.05, 3.63) is 33.3 Å². The van der Waals surface area contributed by atoms with Gasteiger partial charge in [-0.1, -0.05) is 11.6 Å². The van der Waals surface area contributed by atoms with Crippen LogP contribution >= 0.6 is 11.6 Å². The summed E-state index contributed by atoms with van der Waals surface area (Å²) in [5.74, 6) is -1.79. The highest BCUT2D eigenvalue weighted by atomic mass is 35.5. The predicted octanol–water partition coefficient (Wildman–Crippen LogP) is 1.98. The van der Waals surface area contributed by atoms with Crippen LogP contribution < -0.4 is 5.32 Å². The number of carbonyl (C=O) groups is 2. The quantitative estimate of drug-likeness (QED) is 0.625. The van der Waals surface area contributed by atoms with Crippen molar-refractivity contribution in [3.8, 4) is 0 Å². The minimum Gasteiger partial charge on any atom is -0.481 e. The average Bonchev–Trinajstić information content (AvgIpc) is 2.49. The Morgan fingerprint density at radius 2 is 2.22 bits per heavy atom. The number of benzene rings is 1. The normalized spacial score (nSPS) is 18.4. The van der Waals surface area contributed by atoms with Crippen molar-refractivity contribution < 1.29 is 19.6 Å². The number of nitrogens with one attached hydrogen (secondary N) is 1. The van der Waals surface area contributed by atoms with Gasteiger partial charge in [0.05, 0.1) is 17.4 Å². The van der Waals surface area contributed by atoms with Crippen LogP contribution in [-0.2, 0) is 9.59 Å². The van der Waals surface area contributed by atoms with E-state index < -0.39 is 22.7 Å². The van der Waals surface area contributed by atoms with E-state index in [2.05, 4.69) is 5.32 Å². The monoisotopic (exact) mass is 341 g/mol. The van der Waals surface area contributed by atoms with Gasteiger partial charge in [0.25, 0.3) is 5.69 Å². The summed E-state index contributed by atoms with van der Waals surface area (Å²) in [5, 5.41) is 22.7. The summed E-state index contributed by atoms with van der Waals surface area (Å²) in [6.45, 7) is 0.912. The number of likely N-dealkylation sites (tertiary alicyclic amines) is 1. The molecule has 1 unspecified atom stereocenters. The molecule has 1 heterocycles. The fourth-order valence-corrected chi connectivity index (χ4v) is 2.72. The fourth-order valence-electron chi connectivity index (χ4n) is 2.56. The summed E-state index contributed by atoms with van der Waals surface area (Å²) in [6.07, 6.45) is 1.29. The Kier molecular flexibility index (Phi) is 5.51. The molecule has 0 spiro atoms. The molecule has 8 nitrogen and oxygen atoms in total. The van der Waals surface area contributed by atoms with E-state index in [4.69, 9.17) is 16.7 Å². The van der Waals surface area contributed by atoms with Crippen LogP contribution in [0.3, 0.4) is 0 Å². The molecule has 124 valence electrons. The van der Waals surface area contributed by atoms with Gasteiger partial charge < -0.3 is 10.4 Å². The van der Waals surface area contributed by atoms with Crippen molar-refractivity contribution >= 4 is 34.9 Å². The molecular weight excluding hydrogens is 326 g/mol. The van der Waals surface area contributed by atoms with Crippen molar-refractivity contribution in [3.63, 3.8) is 0 Å². The number of aliphatic carboxylic acids is 1. The summed E-state index contributed by atoms with van der Waals surface area (Å²) in [7, 11) is 0. The Morgan fingerprint density at radius 3 is 2.87 bits per heavy atom. The predicted molar refractivity (Wildman–Crippen MR) is 83.5 cm³/mol. The molecule has 1 aliphatic rings. The van der Waals surface area contributed by atoms with E-state index in [1.807, 2.05) is 0 Å². The van der Waals surface area contributed by atoms with Gasteiger partial charge in [0, 0.05) is 17.6 Å². The van der Waals surface area contributed by atoms with E-state index in [1.165, 1.54) is 18.2 Å². The summed E-state index contributed by atoms with van der Waals surface area (Å²) in [6, 6.07) is 3.98. The molecule has 2 rings (SSSR count). The first kappa shape index (κ1) is 17.2. The zero-order valence-electron chi connectivity index (χ0n) is 12.2. The van der Waals surface area contributed by atoms with Gasteiger partial charge in [-0.05, 0) is 31.5 Å². The molecule has 0 aliphatic carbocycles. The number of carboxylic acids is 1. The number of hydrogen-bond acceptors (Lipinski definition) is 5. The van der Waals surface area contributed by atoms with Gasteiger partial charge in [-0.3, -0.25) is 24.6 Å². The van der Waals surface area contributed by atoms with Gasteiger partial charge in [0.1, 0.15) is 5.69 Å². The number of nitrogens with zero attached hydrogens (tertiary/aromatic N) is 2. The Bertz CT molecular complexity index is 637. The van der Waals surface area contributed by atoms with Gasteiger partial charge in [-0.25, -0.2) is 0 Å². The maximum Gasteiger partial charge on any atom is 0.307 e. The van der Waals surface area contributed by atoms with Crippen LogP contribution in [0.25, 0.3) is 0 Å². The van der Waals surface area contributed by atoms with Gasteiger partial charge >= 0.3 is 5.97 Å². The highest BCUT2D eigenvalue weighted by Crippen LogP contribution is 2.27. The maximum absolute atomic E-state index is 12.1. The first-order valence-corrected chi connectivity index (χ1v) is 7.43. The van der Waals surface area contributed by atoms with E-state index in [9.17, 15) is 19.7 Å². The molecule has 1 saturated heterocycles. The number of carbonyl (C=O) groups excluding carboxylic acids is 1. The molecule has 9 heteroatoms. The molecule has 1 atom stereocenters. The highest BCUT2D eigenvalue weighted by molar-refractivity contribution is 6.31. The van der Waals surface area contributed by atoms with Gasteiger partial charge in [0.2, 0.25) is 5.91 Å². The van der Waals surface area contributed by atoms with Crippen molar-refractivity contribution in [2.45, 2.75) is 12.8 Å². The molecule has 1 aliphatic heterocycles. The first-order valence-electron chi connectivity index (χ1n) is 7.06. The molecule has 1 aromatic rings. The van der Waals surface area contributed by atoms with E-state index in [0.717, 1.165) is 0 Å². The smallest absolute Gasteiger partial charge is 0.307 e. The third-order valence-electron chi connectivity index (χ3n) is 3.65. The summed E-state index contributed by atoms with van der Waals surface area (Å²) in [5.41, 5.74) is -0.218. The topological polar surface area (TPSA) is 113 Å². The lowest BCUT2D eigenvalue weighted by atomic mass is 9.98. The molecule has 1 aromatic carbocycles. The van der Waals surface area contributed by atoms with Crippen molar-refractivity contribution in [2.75, 3.05) is 25.0 Å². The van der Waals surface area contributed by atoms with Crippen LogP contribution in [-0.4, -0.2) is 46.4 Å². The molecule has 0 bridgehead atoms. The average molecular weight is 342 g/mol. The maximum atomic E-state index is 12.1. The number of anilines is 1. The van der Waals surface area contributed by atoms with Crippen LogP contribution in [0.4, 0.5) is 11.4 Å². The second-order valence-corrected chi connectivity index (χ2v) is 5.82. The molecular formula is C14H16ClN3O5. The molecule has 1 amide bonds. The highest BCUT2D eigenvalue weighted by Gasteiger charge is 2.26. The van der Waals surface area contributed by atoms with Crippen LogP contribution in [0.5, 0.6) is 0 Å². The molecule has 0 radical (unpaired) electrons. The van der Waals surface area contributed by atoms with Crippen LogP contribution in [0.2, 0.25) is 5.02 Å². The largest absolute Gasteiger partial charge is 0.481 e. The molecule has 2 N–H and O–H groups in total. The molecule has 1 fully saturated rings. The van der Waals surface area contributed by atoms with Crippen molar-refractivity contribution in [1.82, 2.24) is 4.90 Å². The zero-order chi connectivity index (χ0) is 17.0. The number of nitro benzene ring substituents is 1. The second kappa shape index (κ2) is 7.38. The van der Waals surface area contributed by atoms with Crippen molar-refractivity contribution in [2.24, 2.45) is 5.92 Å². The summed E-state index contributed by atoms with van der Waals surface area (Å²) >= 11 is 5.72. The fraction of sp³-hybridized carbons (Fsp3) is 0.429. The van der Waals surface area contributed by atoms with E-state index in [0.29, 0.717) is 25.9 Å². The third kappa shape index (κ3) is 4.64. The Hall–Kier alpha value is -2.19. The van der Waals surface area contributed by atoms with Crippen LogP contribution in [0.1, 0.15) is 12.8 Å². The number of halogens is 1. The first-order chi connectivity index (χ1) is 10.9. The zero-order valence-corrected chi connectivity index (χ0v) is 13.0. The van der Waals surface area contributed by atoms with Crippen LogP contribution in [0, 0.1) is 16.0 Å². The van der Waals surface area contributed by atoms with Gasteiger partial charge in [-0.15, -0.1) is 0 Å². The second-order valence-electron chi connectivity index (χ2n) is 5.38. The minimum atomic E-state index is -0.872. The number of hydrogen-bond donors (Lipinski definition) is 2. The Labute approximate surface area is 137 Å². The van der Waals surface area contributed by atoms with E-state index >= 15 is 0 Å². The Balaban J connectivity index is 2.00. The van der Waals surface area contributed by atoms with E-state index in [1.54, 1.807) is 4.90 Å². The summed E-state index contributed by atoms with van der Waals surface area (Å²) in [4.78, 5) is 35.2. The number of piperidine rings is 1. The number of carboxylic acid groups (broad SMARTS) is 1. The Morgan fingerprint density at radius 1 is 1.48 bits per heavy atom.